The van der Waals surface area contributed by atoms with E-state index >= 15 is 26.3 Å². The third-order valence-electron chi connectivity index (χ3n) is 12.3. The predicted molar refractivity (Wildman–Crippen MR) is 269 cm³/mol. The van der Waals surface area contributed by atoms with Gasteiger partial charge in [-0.1, -0.05) is 48.0 Å². The summed E-state index contributed by atoms with van der Waals surface area (Å²) in [6.07, 6.45) is -24.6. The standard InChI is InChI=1S/C53H39BF12N4O9S/c1-28-6-19-39(20-7-28)80(76,77)70-41-26-34(13-22-44(41)73)49(52(61,62)63,53(64,65)66)35-14-23-45(79-54)42(27-35)69-47(75)31-10-17-38(18-11-31)78-37-15-8-30(9-16-37)46(74)68-40-25-33(12-21-43(40)72)48(50(55,56)57,51(58,59)60)32-4-3-5-36(24-32)67-29(2)71/h3-27,70,72-73H,54H2,1-2H3,(H,67,71)(H,68,74)(H,69,75). The molecule has 0 aliphatic heterocycles. The van der Waals surface area contributed by atoms with Crippen molar-refractivity contribution in [1.29, 1.82) is 0 Å². The third-order valence-corrected chi connectivity index (χ3v) is 13.7. The molecule has 0 radical (unpaired) electrons. The minimum Gasteiger partial charge on any atom is -0.566 e. The van der Waals surface area contributed by atoms with Crippen LogP contribution in [-0.4, -0.2) is 69.1 Å². The highest BCUT2D eigenvalue weighted by molar-refractivity contribution is 7.92. The van der Waals surface area contributed by atoms with Crippen molar-refractivity contribution in [3.05, 3.63) is 191 Å². The molecular formula is C53H39BF12N4O9S. The van der Waals surface area contributed by atoms with Crippen molar-refractivity contribution in [3.63, 3.8) is 0 Å². The first kappa shape index (κ1) is 58.8. The number of benzene rings is 7. The summed E-state index contributed by atoms with van der Waals surface area (Å²) in [5, 5.41) is 27.4. The van der Waals surface area contributed by atoms with E-state index in [0.29, 0.717) is 60.2 Å². The first-order valence-corrected chi connectivity index (χ1v) is 24.3. The Kier molecular flexibility index (Phi) is 16.0. The summed E-state index contributed by atoms with van der Waals surface area (Å²) in [6.45, 7) is 2.61. The Labute approximate surface area is 446 Å². The van der Waals surface area contributed by atoms with Gasteiger partial charge >= 0.3 is 32.8 Å². The number of phenolic OH excluding ortho intramolecular Hbond substituents is 2. The van der Waals surface area contributed by atoms with E-state index in [1.54, 1.807) is 6.92 Å². The van der Waals surface area contributed by atoms with Gasteiger partial charge in [0.2, 0.25) is 16.7 Å². The zero-order valence-corrected chi connectivity index (χ0v) is 41.9. The van der Waals surface area contributed by atoms with Crippen LogP contribution in [0.2, 0.25) is 0 Å². The summed E-state index contributed by atoms with van der Waals surface area (Å²) in [6, 6.07) is 21.1. The normalized spacial score (nSPS) is 12.5. The fraction of sp³-hybridized carbons (Fsp3) is 0.151. The minimum atomic E-state index is -6.23. The van der Waals surface area contributed by atoms with Crippen molar-refractivity contribution < 1.29 is 95.1 Å². The third kappa shape index (κ3) is 11.5. The smallest absolute Gasteiger partial charge is 0.411 e. The van der Waals surface area contributed by atoms with Crippen LogP contribution in [0.25, 0.3) is 0 Å². The average molecular weight is 1150 g/mol. The lowest BCUT2D eigenvalue weighted by molar-refractivity contribution is -0.290. The van der Waals surface area contributed by atoms with Crippen molar-refractivity contribution in [2.75, 3.05) is 20.7 Å². The monoisotopic (exact) mass is 1150 g/mol. The van der Waals surface area contributed by atoms with Crippen LogP contribution in [0.4, 0.5) is 75.4 Å². The number of phenols is 2. The van der Waals surface area contributed by atoms with Crippen LogP contribution in [0.1, 0.15) is 55.5 Å². The number of aryl methyl sites for hydroxylation is 1. The summed E-state index contributed by atoms with van der Waals surface area (Å²) in [7, 11) is -3.66. The number of sulfonamides is 1. The average Bonchev–Trinajstić information content (AvgIpc) is 3.07. The second-order valence-corrected chi connectivity index (χ2v) is 19.3. The number of hydrogen-bond acceptors (Lipinski definition) is 9. The summed E-state index contributed by atoms with van der Waals surface area (Å²) in [5.74, 6) is -5.29. The Balaban J connectivity index is 1.10. The van der Waals surface area contributed by atoms with Gasteiger partial charge in [-0.2, -0.15) is 52.7 Å². The quantitative estimate of drug-likeness (QED) is 0.0329. The molecule has 3 amide bonds. The molecule has 80 heavy (non-hydrogen) atoms. The van der Waals surface area contributed by atoms with E-state index in [9.17, 15) is 59.4 Å². The van der Waals surface area contributed by atoms with E-state index in [1.807, 2.05) is 4.72 Å². The zero-order chi connectivity index (χ0) is 59.0. The predicted octanol–water partition coefficient (Wildman–Crippen LogP) is 12.2. The number of rotatable bonds is 15. The molecule has 13 nitrogen and oxygen atoms in total. The minimum absolute atomic E-state index is 0.00835. The van der Waals surface area contributed by atoms with Gasteiger partial charge in [0.1, 0.15) is 28.7 Å². The highest BCUT2D eigenvalue weighted by Crippen LogP contribution is 2.59. The lowest BCUT2D eigenvalue weighted by Gasteiger charge is -2.38. The van der Waals surface area contributed by atoms with Gasteiger partial charge in [-0.05, 0) is 138 Å². The van der Waals surface area contributed by atoms with Gasteiger partial charge < -0.3 is 35.6 Å². The van der Waals surface area contributed by atoms with E-state index in [2.05, 4.69) is 16.0 Å². The number of amides is 3. The molecule has 0 saturated heterocycles. The molecule has 418 valence electrons. The summed E-state index contributed by atoms with van der Waals surface area (Å²) < 4.78 is 221. The molecule has 0 saturated carbocycles. The molecule has 0 aliphatic rings. The molecule has 7 rings (SSSR count). The number of anilines is 4. The number of aromatic hydroxyl groups is 2. The maximum absolute atomic E-state index is 15.3. The topological polar surface area (TPSA) is 192 Å². The molecule has 7 aromatic rings. The van der Waals surface area contributed by atoms with Gasteiger partial charge in [0.25, 0.3) is 21.8 Å². The van der Waals surface area contributed by atoms with Crippen molar-refractivity contribution >= 4 is 58.5 Å². The maximum Gasteiger partial charge on any atom is 0.411 e. The molecule has 27 heteroatoms. The molecule has 7 aromatic carbocycles. The Hall–Kier alpha value is -8.88. The Bertz CT molecular complexity index is 3570. The van der Waals surface area contributed by atoms with E-state index < -0.39 is 125 Å². The number of halogens is 12. The fourth-order valence-corrected chi connectivity index (χ4v) is 9.62. The van der Waals surface area contributed by atoms with Gasteiger partial charge in [0.05, 0.1) is 22.0 Å². The lowest BCUT2D eigenvalue weighted by atomic mass is 9.72. The maximum atomic E-state index is 15.3. The van der Waals surface area contributed by atoms with Crippen LogP contribution in [0, 0.1) is 6.92 Å². The van der Waals surface area contributed by atoms with Crippen LogP contribution in [0.15, 0.2) is 157 Å². The van der Waals surface area contributed by atoms with Gasteiger partial charge in [-0.3, -0.25) is 19.1 Å². The molecule has 0 fully saturated rings. The number of alkyl halides is 12. The fourth-order valence-electron chi connectivity index (χ4n) is 8.55. The molecule has 0 aliphatic carbocycles. The van der Waals surface area contributed by atoms with E-state index in [-0.39, 0.29) is 34.4 Å². The van der Waals surface area contributed by atoms with Gasteiger partial charge in [-0.15, -0.1) is 0 Å². The van der Waals surface area contributed by atoms with E-state index in [0.717, 1.165) is 69.6 Å². The van der Waals surface area contributed by atoms with E-state index in [4.69, 9.17) is 9.39 Å². The highest BCUT2D eigenvalue weighted by atomic mass is 32.2. The van der Waals surface area contributed by atoms with Crippen LogP contribution in [0.3, 0.4) is 0 Å². The SMILES string of the molecule is BOc1ccc(C(c2ccc(O)c(NS(=O)(=O)c3ccc(C)cc3)c2)(C(F)(F)F)C(F)(F)F)cc1NC(=O)c1ccc(Oc2ccc(C(=O)Nc3cc(C(c4cccc(NC(C)=O)c4)(C(F)(F)F)C(F)(F)F)ccc3O)cc2)cc1. The van der Waals surface area contributed by atoms with Crippen molar-refractivity contribution in [2.45, 2.75) is 54.3 Å². The van der Waals surface area contributed by atoms with Crippen molar-refractivity contribution in [2.24, 2.45) is 0 Å². The van der Waals surface area contributed by atoms with Gasteiger partial charge in [0, 0.05) is 23.7 Å². The number of carbonyl (C=O) groups is 3. The Morgan fingerprint density at radius 2 is 0.912 bits per heavy atom. The van der Waals surface area contributed by atoms with E-state index in [1.165, 1.54) is 36.4 Å². The summed E-state index contributed by atoms with van der Waals surface area (Å²) in [5.41, 5.74) is -18.3. The molecule has 0 bridgehead atoms. The molecule has 6 N–H and O–H groups in total. The van der Waals surface area contributed by atoms with Crippen LogP contribution < -0.4 is 30.1 Å². The first-order valence-electron chi connectivity index (χ1n) is 22.8. The molecule has 0 atom stereocenters. The Morgan fingerprint density at radius 1 is 0.500 bits per heavy atom. The van der Waals surface area contributed by atoms with Crippen molar-refractivity contribution in [1.82, 2.24) is 0 Å². The van der Waals surface area contributed by atoms with Crippen LogP contribution in [0.5, 0.6) is 28.7 Å². The Morgan fingerprint density at radius 3 is 1.36 bits per heavy atom. The number of nitrogens with one attached hydrogen (secondary N) is 4. The summed E-state index contributed by atoms with van der Waals surface area (Å²) in [4.78, 5) is 38.0. The molecule has 0 unspecified atom stereocenters. The number of ether oxygens (including phenoxy) is 1. The molecule has 0 heterocycles. The van der Waals surface area contributed by atoms with Crippen LogP contribution >= 0.6 is 0 Å². The van der Waals surface area contributed by atoms with Gasteiger partial charge in [-0.25, -0.2) is 8.42 Å². The zero-order valence-electron chi connectivity index (χ0n) is 41.1. The molecule has 0 aromatic heterocycles. The second-order valence-electron chi connectivity index (χ2n) is 17.6. The second kappa shape index (κ2) is 21.7. The highest BCUT2D eigenvalue weighted by Gasteiger charge is 2.74. The number of carbonyl (C=O) groups excluding carboxylic acids is 3. The lowest BCUT2D eigenvalue weighted by Crippen LogP contribution is -2.54. The van der Waals surface area contributed by atoms with Crippen LogP contribution in [-0.2, 0) is 25.6 Å². The number of hydrogen-bond donors (Lipinski definition) is 6. The summed E-state index contributed by atoms with van der Waals surface area (Å²) >= 11 is 0. The van der Waals surface area contributed by atoms with Crippen molar-refractivity contribution in [3.8, 4) is 28.7 Å². The molecule has 0 spiro atoms. The molecular weight excluding hydrogens is 1110 g/mol. The first-order chi connectivity index (χ1) is 37.2. The van der Waals surface area contributed by atoms with Gasteiger partial charge in [0.15, 0.2) is 0 Å². The largest absolute Gasteiger partial charge is 0.566 e.